The van der Waals surface area contributed by atoms with Crippen LogP contribution in [0.2, 0.25) is 0 Å². The predicted octanol–water partition coefficient (Wildman–Crippen LogP) is 2.40. The lowest BCUT2D eigenvalue weighted by Crippen LogP contribution is -2.25. The average molecular weight is 320 g/mol. The normalized spacial score (nSPS) is 10.2. The molecule has 0 saturated heterocycles. The van der Waals surface area contributed by atoms with Crippen molar-refractivity contribution in [3.63, 3.8) is 0 Å². The molecule has 1 amide bonds. The van der Waals surface area contributed by atoms with Crippen molar-refractivity contribution in [3.8, 4) is 0 Å². The van der Waals surface area contributed by atoms with Crippen LogP contribution in [0, 0.1) is 0 Å². The van der Waals surface area contributed by atoms with Gasteiger partial charge in [0.1, 0.15) is 0 Å². The zero-order chi connectivity index (χ0) is 13.7. The van der Waals surface area contributed by atoms with Crippen LogP contribution in [-0.4, -0.2) is 17.4 Å². The molecular weight excluding hydrogens is 306 g/mol. The summed E-state index contributed by atoms with van der Waals surface area (Å²) in [4.78, 5) is 15.9. The molecule has 0 aliphatic heterocycles. The highest BCUT2D eigenvalue weighted by atomic mass is 79.9. The maximum Gasteiger partial charge on any atom is 0.251 e. The SMILES string of the molecule is Nc1ccc(C(=O)NCCc2cccnc2)cc1Br. The second kappa shape index (κ2) is 6.33. The van der Waals surface area contributed by atoms with E-state index < -0.39 is 0 Å². The molecule has 0 atom stereocenters. The monoisotopic (exact) mass is 319 g/mol. The van der Waals surface area contributed by atoms with Crippen molar-refractivity contribution in [2.24, 2.45) is 0 Å². The third-order valence-corrected chi connectivity index (χ3v) is 3.37. The number of nitrogens with zero attached hydrogens (tertiary/aromatic N) is 1. The zero-order valence-electron chi connectivity index (χ0n) is 10.3. The average Bonchev–Trinajstić information content (AvgIpc) is 2.43. The fraction of sp³-hybridized carbons (Fsp3) is 0.143. The number of amides is 1. The van der Waals surface area contributed by atoms with Crippen molar-refractivity contribution in [1.29, 1.82) is 0 Å². The Morgan fingerprint density at radius 1 is 1.37 bits per heavy atom. The molecule has 0 aliphatic rings. The first kappa shape index (κ1) is 13.5. The molecule has 19 heavy (non-hydrogen) atoms. The van der Waals surface area contributed by atoms with E-state index >= 15 is 0 Å². The Morgan fingerprint density at radius 3 is 2.89 bits per heavy atom. The molecule has 2 aromatic rings. The molecule has 5 heteroatoms. The molecule has 3 N–H and O–H groups in total. The lowest BCUT2D eigenvalue weighted by Gasteiger charge is -2.06. The summed E-state index contributed by atoms with van der Waals surface area (Å²) in [6.45, 7) is 0.576. The van der Waals surface area contributed by atoms with E-state index in [1.807, 2.05) is 12.1 Å². The van der Waals surface area contributed by atoms with E-state index in [1.165, 1.54) is 0 Å². The third kappa shape index (κ3) is 3.79. The largest absolute Gasteiger partial charge is 0.398 e. The standard InChI is InChI=1S/C14H14BrN3O/c15-12-8-11(3-4-13(12)16)14(19)18-7-5-10-2-1-6-17-9-10/h1-4,6,8-9H,5,7,16H2,(H,18,19). The van der Waals surface area contributed by atoms with E-state index in [2.05, 4.69) is 26.2 Å². The zero-order valence-corrected chi connectivity index (χ0v) is 11.9. The number of anilines is 1. The van der Waals surface area contributed by atoms with Gasteiger partial charge in [-0.1, -0.05) is 6.07 Å². The Balaban J connectivity index is 1.89. The van der Waals surface area contributed by atoms with Crippen LogP contribution in [0.5, 0.6) is 0 Å². The Morgan fingerprint density at radius 2 is 2.21 bits per heavy atom. The number of halogens is 1. The highest BCUT2D eigenvalue weighted by Crippen LogP contribution is 2.20. The van der Waals surface area contributed by atoms with Crippen LogP contribution >= 0.6 is 15.9 Å². The quantitative estimate of drug-likeness (QED) is 0.850. The lowest BCUT2D eigenvalue weighted by atomic mass is 10.2. The number of pyridine rings is 1. The molecular formula is C14H14BrN3O. The summed E-state index contributed by atoms with van der Waals surface area (Å²) in [5.41, 5.74) is 7.99. The van der Waals surface area contributed by atoms with Crippen molar-refractivity contribution in [1.82, 2.24) is 10.3 Å². The Kier molecular flexibility index (Phi) is 4.52. The number of carbonyl (C=O) groups excluding carboxylic acids is 1. The van der Waals surface area contributed by atoms with Gasteiger partial charge in [0.2, 0.25) is 0 Å². The van der Waals surface area contributed by atoms with Gasteiger partial charge in [-0.3, -0.25) is 9.78 Å². The molecule has 0 saturated carbocycles. The summed E-state index contributed by atoms with van der Waals surface area (Å²) >= 11 is 3.31. The number of hydrogen-bond donors (Lipinski definition) is 2. The summed E-state index contributed by atoms with van der Waals surface area (Å²) < 4.78 is 0.729. The molecule has 2 rings (SSSR count). The van der Waals surface area contributed by atoms with Crippen LogP contribution in [0.25, 0.3) is 0 Å². The van der Waals surface area contributed by atoms with E-state index in [0.29, 0.717) is 17.8 Å². The molecule has 0 bridgehead atoms. The Bertz CT molecular complexity index is 572. The molecule has 0 fully saturated rings. The van der Waals surface area contributed by atoms with E-state index in [1.54, 1.807) is 30.6 Å². The molecule has 0 aliphatic carbocycles. The fourth-order valence-electron chi connectivity index (χ4n) is 1.64. The van der Waals surface area contributed by atoms with E-state index in [4.69, 9.17) is 5.73 Å². The van der Waals surface area contributed by atoms with Crippen molar-refractivity contribution < 1.29 is 4.79 Å². The molecule has 1 aromatic heterocycles. The number of aromatic nitrogens is 1. The minimum Gasteiger partial charge on any atom is -0.398 e. The van der Waals surface area contributed by atoms with Gasteiger partial charge < -0.3 is 11.1 Å². The van der Waals surface area contributed by atoms with Gasteiger partial charge in [0.15, 0.2) is 0 Å². The third-order valence-electron chi connectivity index (χ3n) is 2.68. The van der Waals surface area contributed by atoms with Crippen LogP contribution < -0.4 is 11.1 Å². The maximum absolute atomic E-state index is 11.9. The fourth-order valence-corrected chi connectivity index (χ4v) is 2.02. The second-order valence-corrected chi connectivity index (χ2v) is 4.96. The van der Waals surface area contributed by atoms with Crippen molar-refractivity contribution in [2.75, 3.05) is 12.3 Å². The number of nitrogen functional groups attached to an aromatic ring is 1. The predicted molar refractivity (Wildman–Crippen MR) is 78.8 cm³/mol. The molecule has 1 heterocycles. The molecule has 0 spiro atoms. The summed E-state index contributed by atoms with van der Waals surface area (Å²) in [6.07, 6.45) is 4.29. The Hall–Kier alpha value is -1.88. The first-order valence-electron chi connectivity index (χ1n) is 5.89. The van der Waals surface area contributed by atoms with E-state index in [0.717, 1.165) is 16.5 Å². The van der Waals surface area contributed by atoms with Crippen LogP contribution in [0.15, 0.2) is 47.2 Å². The number of nitrogens with one attached hydrogen (secondary N) is 1. The van der Waals surface area contributed by atoms with Gasteiger partial charge in [-0.15, -0.1) is 0 Å². The minimum absolute atomic E-state index is 0.107. The smallest absolute Gasteiger partial charge is 0.251 e. The van der Waals surface area contributed by atoms with Gasteiger partial charge in [-0.25, -0.2) is 0 Å². The van der Waals surface area contributed by atoms with Gasteiger partial charge >= 0.3 is 0 Å². The maximum atomic E-state index is 11.9. The highest BCUT2D eigenvalue weighted by Gasteiger charge is 2.06. The van der Waals surface area contributed by atoms with Crippen molar-refractivity contribution in [3.05, 3.63) is 58.3 Å². The number of carbonyl (C=O) groups is 1. The number of rotatable bonds is 4. The van der Waals surface area contributed by atoms with Gasteiger partial charge in [0.05, 0.1) is 0 Å². The van der Waals surface area contributed by atoms with Crippen molar-refractivity contribution in [2.45, 2.75) is 6.42 Å². The first-order valence-corrected chi connectivity index (χ1v) is 6.68. The van der Waals surface area contributed by atoms with Gasteiger partial charge in [-0.2, -0.15) is 0 Å². The summed E-state index contributed by atoms with van der Waals surface area (Å²) in [5.74, 6) is -0.107. The number of nitrogens with two attached hydrogens (primary N) is 1. The molecule has 1 aromatic carbocycles. The molecule has 4 nitrogen and oxygen atoms in total. The van der Waals surface area contributed by atoms with E-state index in [-0.39, 0.29) is 5.91 Å². The summed E-state index contributed by atoms with van der Waals surface area (Å²) in [5, 5.41) is 2.87. The van der Waals surface area contributed by atoms with Crippen LogP contribution in [0.1, 0.15) is 15.9 Å². The van der Waals surface area contributed by atoms with Crippen LogP contribution in [-0.2, 0) is 6.42 Å². The molecule has 0 unspecified atom stereocenters. The molecule has 0 radical (unpaired) electrons. The summed E-state index contributed by atoms with van der Waals surface area (Å²) in [7, 11) is 0. The number of hydrogen-bond acceptors (Lipinski definition) is 3. The van der Waals surface area contributed by atoms with Crippen LogP contribution in [0.3, 0.4) is 0 Å². The number of benzene rings is 1. The lowest BCUT2D eigenvalue weighted by molar-refractivity contribution is 0.0954. The minimum atomic E-state index is -0.107. The van der Waals surface area contributed by atoms with Gasteiger partial charge in [0.25, 0.3) is 5.91 Å². The topological polar surface area (TPSA) is 68.0 Å². The summed E-state index contributed by atoms with van der Waals surface area (Å²) in [6, 6.07) is 9.00. The Labute approximate surface area is 120 Å². The van der Waals surface area contributed by atoms with Crippen LogP contribution in [0.4, 0.5) is 5.69 Å². The van der Waals surface area contributed by atoms with Crippen molar-refractivity contribution >= 4 is 27.5 Å². The van der Waals surface area contributed by atoms with Gasteiger partial charge in [0, 0.05) is 34.7 Å². The van der Waals surface area contributed by atoms with E-state index in [9.17, 15) is 4.79 Å². The molecule has 98 valence electrons. The second-order valence-electron chi connectivity index (χ2n) is 4.10. The highest BCUT2D eigenvalue weighted by molar-refractivity contribution is 9.10. The first-order chi connectivity index (χ1) is 9.16. The van der Waals surface area contributed by atoms with Gasteiger partial charge in [-0.05, 0) is 52.2 Å².